The molecule has 0 radical (unpaired) electrons. The minimum Gasteiger partial charge on any atom is -0.395 e. The summed E-state index contributed by atoms with van der Waals surface area (Å²) in [5, 5.41) is 9.14. The molecule has 1 aromatic rings. The van der Waals surface area contributed by atoms with Gasteiger partial charge in [-0.1, -0.05) is 12.8 Å². The van der Waals surface area contributed by atoms with Crippen LogP contribution in [0.25, 0.3) is 0 Å². The minimum atomic E-state index is 0.180. The second-order valence-electron chi connectivity index (χ2n) is 4.37. The van der Waals surface area contributed by atoms with E-state index in [9.17, 15) is 0 Å². The summed E-state index contributed by atoms with van der Waals surface area (Å²) in [7, 11) is 0. The van der Waals surface area contributed by atoms with Crippen LogP contribution in [0, 0.1) is 6.92 Å². The summed E-state index contributed by atoms with van der Waals surface area (Å²) < 4.78 is 0. The summed E-state index contributed by atoms with van der Waals surface area (Å²) in [4.78, 5) is 10.6. The lowest BCUT2D eigenvalue weighted by Crippen LogP contribution is -2.36. The third kappa shape index (κ3) is 2.50. The maximum absolute atomic E-state index is 9.14. The molecule has 4 nitrogen and oxygen atoms in total. The van der Waals surface area contributed by atoms with Gasteiger partial charge in [0.05, 0.1) is 6.61 Å². The standard InChI is InChI=1S/C12H19N3O/c1-10-8-12(14-9-13-10)15(6-7-16)11-4-2-3-5-11/h8-9,11,16H,2-7H2,1H3. The zero-order valence-corrected chi connectivity index (χ0v) is 9.76. The summed E-state index contributed by atoms with van der Waals surface area (Å²) in [6.45, 7) is 2.82. The van der Waals surface area contributed by atoms with Crippen molar-refractivity contribution in [1.29, 1.82) is 0 Å². The van der Waals surface area contributed by atoms with Crippen LogP contribution in [0.15, 0.2) is 12.4 Å². The quantitative estimate of drug-likeness (QED) is 0.837. The molecular formula is C12H19N3O. The number of aliphatic hydroxyl groups is 1. The van der Waals surface area contributed by atoms with E-state index < -0.39 is 0 Å². The van der Waals surface area contributed by atoms with Gasteiger partial charge in [-0.15, -0.1) is 0 Å². The number of aliphatic hydroxyl groups excluding tert-OH is 1. The molecule has 1 aliphatic rings. The molecule has 1 N–H and O–H groups in total. The Morgan fingerprint density at radius 1 is 1.38 bits per heavy atom. The van der Waals surface area contributed by atoms with E-state index in [1.807, 2.05) is 13.0 Å². The number of nitrogens with zero attached hydrogens (tertiary/aromatic N) is 3. The predicted molar refractivity (Wildman–Crippen MR) is 63.5 cm³/mol. The second-order valence-corrected chi connectivity index (χ2v) is 4.37. The van der Waals surface area contributed by atoms with Gasteiger partial charge in [0.15, 0.2) is 0 Å². The molecule has 4 heteroatoms. The molecule has 16 heavy (non-hydrogen) atoms. The van der Waals surface area contributed by atoms with Gasteiger partial charge in [-0.3, -0.25) is 0 Å². The molecule has 2 rings (SSSR count). The van der Waals surface area contributed by atoms with Crippen LogP contribution in [0.5, 0.6) is 0 Å². The maximum Gasteiger partial charge on any atom is 0.132 e. The molecule has 0 unspecified atom stereocenters. The molecule has 88 valence electrons. The predicted octanol–water partition coefficient (Wildman–Crippen LogP) is 1.53. The number of hydrogen-bond acceptors (Lipinski definition) is 4. The molecule has 1 fully saturated rings. The Kier molecular flexibility index (Phi) is 3.72. The fraction of sp³-hybridized carbons (Fsp3) is 0.667. The van der Waals surface area contributed by atoms with Gasteiger partial charge >= 0.3 is 0 Å². The van der Waals surface area contributed by atoms with Gasteiger partial charge in [0.25, 0.3) is 0 Å². The minimum absolute atomic E-state index is 0.180. The number of hydrogen-bond donors (Lipinski definition) is 1. The van der Waals surface area contributed by atoms with Gasteiger partial charge < -0.3 is 10.0 Å². The van der Waals surface area contributed by atoms with E-state index >= 15 is 0 Å². The molecule has 0 aliphatic heterocycles. The van der Waals surface area contributed by atoms with E-state index in [0.717, 1.165) is 11.5 Å². The molecule has 0 bridgehead atoms. The van der Waals surface area contributed by atoms with Crippen molar-refractivity contribution in [2.24, 2.45) is 0 Å². The smallest absolute Gasteiger partial charge is 0.132 e. The van der Waals surface area contributed by atoms with Crippen molar-refractivity contribution in [1.82, 2.24) is 9.97 Å². The van der Waals surface area contributed by atoms with Gasteiger partial charge in [0.1, 0.15) is 12.1 Å². The van der Waals surface area contributed by atoms with Crippen molar-refractivity contribution in [3.8, 4) is 0 Å². The van der Waals surface area contributed by atoms with Crippen LogP contribution in [-0.4, -0.2) is 34.3 Å². The van der Waals surface area contributed by atoms with Crippen LogP contribution < -0.4 is 4.90 Å². The molecular weight excluding hydrogens is 202 g/mol. The van der Waals surface area contributed by atoms with Gasteiger partial charge in [-0.2, -0.15) is 0 Å². The van der Waals surface area contributed by atoms with E-state index in [4.69, 9.17) is 5.11 Å². The van der Waals surface area contributed by atoms with Crippen molar-refractivity contribution in [2.75, 3.05) is 18.1 Å². The molecule has 0 saturated heterocycles. The van der Waals surface area contributed by atoms with Crippen molar-refractivity contribution in [3.05, 3.63) is 18.1 Å². The van der Waals surface area contributed by atoms with E-state index in [1.165, 1.54) is 25.7 Å². The molecule has 0 atom stereocenters. The van der Waals surface area contributed by atoms with Crippen molar-refractivity contribution in [2.45, 2.75) is 38.6 Å². The number of aromatic nitrogens is 2. The zero-order valence-electron chi connectivity index (χ0n) is 9.76. The lowest BCUT2D eigenvalue weighted by Gasteiger charge is -2.29. The second kappa shape index (κ2) is 5.25. The topological polar surface area (TPSA) is 49.2 Å². The average molecular weight is 221 g/mol. The van der Waals surface area contributed by atoms with Crippen LogP contribution in [0.2, 0.25) is 0 Å². The molecule has 0 spiro atoms. The highest BCUT2D eigenvalue weighted by atomic mass is 16.3. The fourth-order valence-corrected chi connectivity index (χ4v) is 2.41. The lowest BCUT2D eigenvalue weighted by atomic mass is 10.2. The average Bonchev–Trinajstić information content (AvgIpc) is 2.79. The molecule has 1 heterocycles. The Labute approximate surface area is 96.3 Å². The SMILES string of the molecule is Cc1cc(N(CCO)C2CCCC2)ncn1. The first-order chi connectivity index (χ1) is 7.81. The number of anilines is 1. The van der Waals surface area contributed by atoms with Crippen LogP contribution in [0.3, 0.4) is 0 Å². The van der Waals surface area contributed by atoms with Gasteiger partial charge in [0, 0.05) is 24.3 Å². The maximum atomic E-state index is 9.14. The summed E-state index contributed by atoms with van der Waals surface area (Å²) >= 11 is 0. The van der Waals surface area contributed by atoms with E-state index in [1.54, 1.807) is 6.33 Å². The lowest BCUT2D eigenvalue weighted by molar-refractivity contribution is 0.297. The molecule has 0 amide bonds. The molecule has 1 aromatic heterocycles. The Balaban J connectivity index is 2.17. The third-order valence-electron chi connectivity index (χ3n) is 3.19. The summed E-state index contributed by atoms with van der Waals surface area (Å²) in [5.74, 6) is 0.952. The van der Waals surface area contributed by atoms with Gasteiger partial charge in [-0.25, -0.2) is 9.97 Å². The van der Waals surface area contributed by atoms with E-state index in [0.29, 0.717) is 12.6 Å². The fourth-order valence-electron chi connectivity index (χ4n) is 2.41. The van der Waals surface area contributed by atoms with Crippen LogP contribution in [0.1, 0.15) is 31.4 Å². The van der Waals surface area contributed by atoms with Crippen LogP contribution in [-0.2, 0) is 0 Å². The summed E-state index contributed by atoms with van der Waals surface area (Å²) in [6, 6.07) is 2.54. The first-order valence-electron chi connectivity index (χ1n) is 5.97. The first-order valence-corrected chi connectivity index (χ1v) is 5.97. The largest absolute Gasteiger partial charge is 0.395 e. The Morgan fingerprint density at radius 3 is 2.75 bits per heavy atom. The number of aryl methyl sites for hydroxylation is 1. The Hall–Kier alpha value is -1.16. The zero-order chi connectivity index (χ0) is 11.4. The Bertz CT molecular complexity index is 337. The highest BCUT2D eigenvalue weighted by Crippen LogP contribution is 2.26. The Morgan fingerprint density at radius 2 is 2.12 bits per heavy atom. The van der Waals surface area contributed by atoms with Crippen LogP contribution >= 0.6 is 0 Å². The van der Waals surface area contributed by atoms with Gasteiger partial charge in [0.2, 0.25) is 0 Å². The van der Waals surface area contributed by atoms with Crippen molar-refractivity contribution in [3.63, 3.8) is 0 Å². The highest BCUT2D eigenvalue weighted by molar-refractivity contribution is 5.40. The monoisotopic (exact) mass is 221 g/mol. The normalized spacial score (nSPS) is 16.6. The highest BCUT2D eigenvalue weighted by Gasteiger charge is 2.23. The van der Waals surface area contributed by atoms with Crippen molar-refractivity contribution < 1.29 is 5.11 Å². The summed E-state index contributed by atoms with van der Waals surface area (Å²) in [6.07, 6.45) is 6.60. The van der Waals surface area contributed by atoms with E-state index in [-0.39, 0.29) is 6.61 Å². The summed E-state index contributed by atoms with van der Waals surface area (Å²) in [5.41, 5.74) is 0.978. The first kappa shape index (κ1) is 11.3. The van der Waals surface area contributed by atoms with Crippen LogP contribution in [0.4, 0.5) is 5.82 Å². The third-order valence-corrected chi connectivity index (χ3v) is 3.19. The number of rotatable bonds is 4. The van der Waals surface area contributed by atoms with Gasteiger partial charge in [-0.05, 0) is 19.8 Å². The van der Waals surface area contributed by atoms with E-state index in [2.05, 4.69) is 14.9 Å². The van der Waals surface area contributed by atoms with Crippen molar-refractivity contribution >= 4 is 5.82 Å². The molecule has 0 aromatic carbocycles. The molecule has 1 saturated carbocycles. The molecule has 1 aliphatic carbocycles.